The predicted octanol–water partition coefficient (Wildman–Crippen LogP) is 1.40. The summed E-state index contributed by atoms with van der Waals surface area (Å²) < 4.78 is 0. The van der Waals surface area contributed by atoms with Crippen LogP contribution < -0.4 is 5.73 Å². The number of hydrogen-bond acceptors (Lipinski definition) is 4. The number of carboxylic acids is 1. The number of nitrogens with two attached hydrogens (primary N) is 1. The molecule has 6 heteroatoms. The Bertz CT molecular complexity index is 519. The van der Waals surface area contributed by atoms with Crippen molar-refractivity contribution in [3.63, 3.8) is 0 Å². The van der Waals surface area contributed by atoms with Crippen molar-refractivity contribution in [1.82, 2.24) is 9.97 Å². The summed E-state index contributed by atoms with van der Waals surface area (Å²) in [6.45, 7) is 1.97. The van der Waals surface area contributed by atoms with Gasteiger partial charge in [0.2, 0.25) is 0 Å². The van der Waals surface area contributed by atoms with Crippen molar-refractivity contribution < 1.29 is 9.90 Å². The number of nitrogens with zero attached hydrogens (tertiary/aromatic N) is 1. The molecule has 0 aliphatic heterocycles. The Kier molecular flexibility index (Phi) is 3.26. The minimum atomic E-state index is -0.999. The Morgan fingerprint density at radius 2 is 2.47 bits per heavy atom. The molecule has 1 atom stereocenters. The predicted molar refractivity (Wildman–Crippen MR) is 66.0 cm³/mol. The molecule has 0 spiro atoms. The number of aryl methyl sites for hydroxylation is 1. The van der Waals surface area contributed by atoms with Gasteiger partial charge in [-0.15, -0.1) is 11.3 Å². The first kappa shape index (κ1) is 11.8. The molecule has 0 saturated heterocycles. The Balaban J connectivity index is 2.22. The molecule has 0 radical (unpaired) electrons. The van der Waals surface area contributed by atoms with Gasteiger partial charge < -0.3 is 15.8 Å². The smallest absolute Gasteiger partial charge is 0.320 e. The number of nitrogens with one attached hydrogen (secondary N) is 1. The molecule has 4 N–H and O–H groups in total. The molecular formula is C11H13N3O2S. The summed E-state index contributed by atoms with van der Waals surface area (Å²) in [5, 5.41) is 9.51. The van der Waals surface area contributed by atoms with Crippen LogP contribution in [0.1, 0.15) is 9.88 Å². The van der Waals surface area contributed by atoms with E-state index in [9.17, 15) is 4.79 Å². The Labute approximate surface area is 102 Å². The lowest BCUT2D eigenvalue weighted by Gasteiger charge is -2.01. The Morgan fingerprint density at radius 1 is 1.71 bits per heavy atom. The quantitative estimate of drug-likeness (QED) is 0.766. The third-order valence-corrected chi connectivity index (χ3v) is 3.42. The van der Waals surface area contributed by atoms with E-state index in [1.807, 2.05) is 25.4 Å². The summed E-state index contributed by atoms with van der Waals surface area (Å²) in [6.07, 6.45) is 3.96. The third kappa shape index (κ3) is 2.54. The molecule has 0 bridgehead atoms. The van der Waals surface area contributed by atoms with Crippen LogP contribution in [-0.4, -0.2) is 27.1 Å². The lowest BCUT2D eigenvalue weighted by atomic mass is 10.2. The van der Waals surface area contributed by atoms with E-state index in [1.54, 1.807) is 0 Å². The molecule has 2 rings (SSSR count). The van der Waals surface area contributed by atoms with E-state index in [0.29, 0.717) is 0 Å². The number of hydrogen-bond donors (Lipinski definition) is 3. The molecule has 5 nitrogen and oxygen atoms in total. The number of thiazole rings is 1. The van der Waals surface area contributed by atoms with Gasteiger partial charge in [-0.2, -0.15) is 0 Å². The third-order valence-electron chi connectivity index (χ3n) is 2.42. The van der Waals surface area contributed by atoms with Gasteiger partial charge in [0.25, 0.3) is 0 Å². The van der Waals surface area contributed by atoms with Gasteiger partial charge in [-0.1, -0.05) is 0 Å². The van der Waals surface area contributed by atoms with Crippen molar-refractivity contribution in [2.24, 2.45) is 5.73 Å². The second-order valence-corrected chi connectivity index (χ2v) is 5.05. The van der Waals surface area contributed by atoms with Gasteiger partial charge in [-0.3, -0.25) is 4.79 Å². The van der Waals surface area contributed by atoms with E-state index in [4.69, 9.17) is 10.8 Å². The average Bonchev–Trinajstić information content (AvgIpc) is 2.87. The first-order valence-electron chi connectivity index (χ1n) is 5.16. The molecular weight excluding hydrogens is 238 g/mol. The Morgan fingerprint density at radius 3 is 3.06 bits per heavy atom. The zero-order valence-corrected chi connectivity index (χ0v) is 10.1. The van der Waals surface area contributed by atoms with E-state index in [-0.39, 0.29) is 6.42 Å². The first-order valence-corrected chi connectivity index (χ1v) is 5.97. The van der Waals surface area contributed by atoms with E-state index in [0.717, 1.165) is 21.1 Å². The second kappa shape index (κ2) is 4.68. The molecule has 2 heterocycles. The molecule has 0 aromatic carbocycles. The van der Waals surface area contributed by atoms with Crippen LogP contribution in [0.25, 0.3) is 11.3 Å². The summed E-state index contributed by atoms with van der Waals surface area (Å²) in [6, 6.07) is 1.04. The van der Waals surface area contributed by atoms with Gasteiger partial charge in [-0.25, -0.2) is 4.98 Å². The number of H-pyrrole nitrogens is 1. The minimum Gasteiger partial charge on any atom is -0.480 e. The number of aliphatic carboxylic acids is 1. The highest BCUT2D eigenvalue weighted by Gasteiger charge is 2.16. The summed E-state index contributed by atoms with van der Waals surface area (Å²) in [4.78, 5) is 19.1. The second-order valence-electron chi connectivity index (χ2n) is 3.76. The number of carbonyl (C=O) groups is 1. The van der Waals surface area contributed by atoms with Crippen LogP contribution in [0, 0.1) is 6.92 Å². The van der Waals surface area contributed by atoms with Gasteiger partial charge in [0.05, 0.1) is 10.7 Å². The average molecular weight is 251 g/mol. The van der Waals surface area contributed by atoms with Crippen molar-refractivity contribution >= 4 is 17.3 Å². The SMILES string of the molecule is Cc1sc(CC(N)C(=O)O)nc1-c1cc[nH]c1. The molecule has 0 saturated carbocycles. The number of carboxylic acid groups (broad SMARTS) is 1. The molecule has 90 valence electrons. The molecule has 0 aliphatic rings. The maximum atomic E-state index is 10.7. The highest BCUT2D eigenvalue weighted by Crippen LogP contribution is 2.27. The van der Waals surface area contributed by atoms with Gasteiger partial charge in [0.15, 0.2) is 0 Å². The van der Waals surface area contributed by atoms with Crippen LogP contribution in [0.2, 0.25) is 0 Å². The maximum absolute atomic E-state index is 10.7. The van der Waals surface area contributed by atoms with Gasteiger partial charge >= 0.3 is 5.97 Å². The normalized spacial score (nSPS) is 12.6. The van der Waals surface area contributed by atoms with Crippen molar-refractivity contribution in [3.8, 4) is 11.3 Å². The van der Waals surface area contributed by atoms with Crippen LogP contribution in [0.15, 0.2) is 18.5 Å². The fraction of sp³-hybridized carbons (Fsp3) is 0.273. The monoisotopic (exact) mass is 251 g/mol. The molecule has 0 aliphatic carbocycles. The van der Waals surface area contributed by atoms with Gasteiger partial charge in [-0.05, 0) is 13.0 Å². The molecule has 0 fully saturated rings. The summed E-state index contributed by atoms with van der Waals surface area (Å²) >= 11 is 1.49. The van der Waals surface area contributed by atoms with E-state index in [1.165, 1.54) is 11.3 Å². The fourth-order valence-corrected chi connectivity index (χ4v) is 2.57. The molecule has 2 aromatic rings. The number of rotatable bonds is 4. The molecule has 2 aromatic heterocycles. The zero-order valence-electron chi connectivity index (χ0n) is 9.30. The van der Waals surface area contributed by atoms with Gasteiger partial charge in [0.1, 0.15) is 6.04 Å². The maximum Gasteiger partial charge on any atom is 0.320 e. The van der Waals surface area contributed by atoms with Crippen molar-refractivity contribution in [2.75, 3.05) is 0 Å². The summed E-state index contributed by atoms with van der Waals surface area (Å²) in [5.74, 6) is -0.999. The van der Waals surface area contributed by atoms with Crippen molar-refractivity contribution in [1.29, 1.82) is 0 Å². The van der Waals surface area contributed by atoms with Gasteiger partial charge in [0, 0.05) is 29.3 Å². The van der Waals surface area contributed by atoms with E-state index >= 15 is 0 Å². The standard InChI is InChI=1S/C11H13N3O2S/c1-6-10(7-2-3-13-5-7)14-9(17-6)4-8(12)11(15)16/h2-3,5,8,13H,4,12H2,1H3,(H,15,16). The Hall–Kier alpha value is -1.66. The van der Waals surface area contributed by atoms with E-state index < -0.39 is 12.0 Å². The highest BCUT2D eigenvalue weighted by molar-refractivity contribution is 7.12. The van der Waals surface area contributed by atoms with E-state index in [2.05, 4.69) is 9.97 Å². The largest absolute Gasteiger partial charge is 0.480 e. The zero-order chi connectivity index (χ0) is 12.4. The van der Waals surface area contributed by atoms with Crippen LogP contribution in [0.4, 0.5) is 0 Å². The highest BCUT2D eigenvalue weighted by atomic mass is 32.1. The number of aromatic nitrogens is 2. The van der Waals surface area contributed by atoms with Crippen LogP contribution in [-0.2, 0) is 11.2 Å². The first-order chi connectivity index (χ1) is 8.08. The molecule has 0 amide bonds. The molecule has 1 unspecified atom stereocenters. The number of aromatic amines is 1. The van der Waals surface area contributed by atoms with Crippen LogP contribution in [0.5, 0.6) is 0 Å². The summed E-state index contributed by atoms with van der Waals surface area (Å²) in [5.41, 5.74) is 7.39. The fourth-order valence-electron chi connectivity index (χ4n) is 1.55. The van der Waals surface area contributed by atoms with Crippen molar-refractivity contribution in [2.45, 2.75) is 19.4 Å². The molecule has 17 heavy (non-hydrogen) atoms. The summed E-state index contributed by atoms with van der Waals surface area (Å²) in [7, 11) is 0. The van der Waals surface area contributed by atoms with Crippen LogP contribution >= 0.6 is 11.3 Å². The lowest BCUT2D eigenvalue weighted by Crippen LogP contribution is -2.32. The topological polar surface area (TPSA) is 92.0 Å². The minimum absolute atomic E-state index is 0.269. The van der Waals surface area contributed by atoms with Crippen LogP contribution in [0.3, 0.4) is 0 Å². The lowest BCUT2D eigenvalue weighted by molar-refractivity contribution is -0.138. The van der Waals surface area contributed by atoms with Crippen molar-refractivity contribution in [3.05, 3.63) is 28.3 Å².